The number of urea groups is 1. The molecule has 0 fully saturated rings. The van der Waals surface area contributed by atoms with Crippen LogP contribution in [0.5, 0.6) is 11.5 Å². The average molecular weight is 547 g/mol. The van der Waals surface area contributed by atoms with Gasteiger partial charge in [0.25, 0.3) is 0 Å². The highest BCUT2D eigenvalue weighted by Crippen LogP contribution is 2.23. The van der Waals surface area contributed by atoms with Crippen LogP contribution >= 0.6 is 31.9 Å². The van der Waals surface area contributed by atoms with Gasteiger partial charge in [-0.15, -0.1) is 0 Å². The molecule has 0 saturated heterocycles. The number of rotatable bonds is 8. The SMILES string of the molecule is CCOc1ccc(NC(=O)N/N=C/c2ccc(OCc3ccc(Br)cc3Br)cc2)cc1. The minimum Gasteiger partial charge on any atom is -0.494 e. The number of hydrogen-bond acceptors (Lipinski definition) is 4. The van der Waals surface area contributed by atoms with Crippen molar-refractivity contribution in [2.45, 2.75) is 13.5 Å². The summed E-state index contributed by atoms with van der Waals surface area (Å²) in [5.41, 5.74) is 4.97. The number of carbonyl (C=O) groups excluding carboxylic acids is 1. The first kappa shape index (κ1) is 22.8. The number of hydrazone groups is 1. The average Bonchev–Trinajstić information content (AvgIpc) is 2.76. The molecule has 3 aromatic carbocycles. The maximum atomic E-state index is 11.9. The normalized spacial score (nSPS) is 10.7. The van der Waals surface area contributed by atoms with Gasteiger partial charge < -0.3 is 14.8 Å². The third kappa shape index (κ3) is 7.41. The standard InChI is InChI=1S/C23H21Br2N3O3/c1-2-30-20-11-7-19(8-12-20)27-23(29)28-26-14-16-3-9-21(10-4-16)31-15-17-5-6-18(24)13-22(17)25/h3-14H,2,15H2,1H3,(H2,27,28,29)/b26-14+. The zero-order chi connectivity index (χ0) is 22.1. The molecule has 6 nitrogen and oxygen atoms in total. The molecule has 3 rings (SSSR count). The minimum absolute atomic E-state index is 0.430. The van der Waals surface area contributed by atoms with Crippen LogP contribution < -0.4 is 20.2 Å². The van der Waals surface area contributed by atoms with Crippen LogP contribution in [0.4, 0.5) is 10.5 Å². The van der Waals surface area contributed by atoms with Gasteiger partial charge in [0.1, 0.15) is 18.1 Å². The number of carbonyl (C=O) groups is 1. The van der Waals surface area contributed by atoms with Crippen LogP contribution in [-0.2, 0) is 6.61 Å². The number of amides is 2. The molecule has 0 heterocycles. The van der Waals surface area contributed by atoms with Gasteiger partial charge in [0, 0.05) is 20.2 Å². The van der Waals surface area contributed by atoms with Gasteiger partial charge >= 0.3 is 6.03 Å². The summed E-state index contributed by atoms with van der Waals surface area (Å²) < 4.78 is 13.2. The lowest BCUT2D eigenvalue weighted by Gasteiger charge is -2.08. The number of hydrogen-bond donors (Lipinski definition) is 2. The maximum absolute atomic E-state index is 11.9. The highest BCUT2D eigenvalue weighted by atomic mass is 79.9. The number of halogens is 2. The van der Waals surface area contributed by atoms with Gasteiger partial charge in [-0.05, 0) is 73.2 Å². The van der Waals surface area contributed by atoms with E-state index in [1.54, 1.807) is 30.5 Å². The van der Waals surface area contributed by atoms with Crippen molar-refractivity contribution in [2.24, 2.45) is 5.10 Å². The molecule has 8 heteroatoms. The first-order valence-corrected chi connectivity index (χ1v) is 11.1. The van der Waals surface area contributed by atoms with E-state index in [-0.39, 0.29) is 0 Å². The monoisotopic (exact) mass is 545 g/mol. The Hall–Kier alpha value is -2.84. The smallest absolute Gasteiger partial charge is 0.339 e. The molecule has 0 aliphatic heterocycles. The molecule has 0 radical (unpaired) electrons. The molecule has 2 N–H and O–H groups in total. The molecule has 0 atom stereocenters. The molecule has 160 valence electrons. The van der Waals surface area contributed by atoms with Crippen molar-refractivity contribution in [1.82, 2.24) is 5.43 Å². The zero-order valence-corrected chi connectivity index (χ0v) is 19.9. The fourth-order valence-corrected chi connectivity index (χ4v) is 3.74. The number of nitrogens with zero attached hydrogens (tertiary/aromatic N) is 1. The van der Waals surface area contributed by atoms with Crippen LogP contribution in [0, 0.1) is 0 Å². The zero-order valence-electron chi connectivity index (χ0n) is 16.8. The van der Waals surface area contributed by atoms with Gasteiger partial charge in [-0.3, -0.25) is 0 Å². The lowest BCUT2D eigenvalue weighted by molar-refractivity contribution is 0.252. The van der Waals surface area contributed by atoms with Gasteiger partial charge in [0.05, 0.1) is 12.8 Å². The van der Waals surface area contributed by atoms with Gasteiger partial charge in [-0.1, -0.05) is 37.9 Å². The minimum atomic E-state index is -0.430. The Bertz CT molecular complexity index is 1040. The Balaban J connectivity index is 1.46. The summed E-state index contributed by atoms with van der Waals surface area (Å²) in [5, 5.41) is 6.67. The van der Waals surface area contributed by atoms with E-state index >= 15 is 0 Å². The number of ether oxygens (including phenoxy) is 2. The number of anilines is 1. The molecule has 2 amide bonds. The second-order valence-corrected chi connectivity index (χ2v) is 8.14. The topological polar surface area (TPSA) is 72.0 Å². The van der Waals surface area contributed by atoms with Crippen LogP contribution in [0.2, 0.25) is 0 Å². The molecule has 0 aliphatic carbocycles. The fourth-order valence-electron chi connectivity index (χ4n) is 2.58. The quantitative estimate of drug-likeness (QED) is 0.255. The third-order valence-electron chi connectivity index (χ3n) is 4.09. The van der Waals surface area contributed by atoms with Gasteiger partial charge in [-0.2, -0.15) is 5.10 Å². The van der Waals surface area contributed by atoms with E-state index in [1.807, 2.05) is 49.4 Å². The van der Waals surface area contributed by atoms with Crippen LogP contribution in [0.1, 0.15) is 18.1 Å². The molecule has 0 bridgehead atoms. The summed E-state index contributed by atoms with van der Waals surface area (Å²) in [6.45, 7) is 2.97. The second-order valence-electron chi connectivity index (χ2n) is 6.37. The van der Waals surface area contributed by atoms with Crippen molar-refractivity contribution < 1.29 is 14.3 Å². The van der Waals surface area contributed by atoms with E-state index in [0.29, 0.717) is 18.9 Å². The Labute approximate surface area is 197 Å². The molecular formula is C23H21Br2N3O3. The van der Waals surface area contributed by atoms with E-state index in [0.717, 1.165) is 31.6 Å². The molecule has 31 heavy (non-hydrogen) atoms. The number of benzene rings is 3. The van der Waals surface area contributed by atoms with Crippen LogP contribution in [-0.4, -0.2) is 18.9 Å². The summed E-state index contributed by atoms with van der Waals surface area (Å²) in [5.74, 6) is 1.50. The van der Waals surface area contributed by atoms with Gasteiger partial charge in [0.15, 0.2) is 0 Å². The Kier molecular flexibility index (Phi) is 8.49. The summed E-state index contributed by atoms with van der Waals surface area (Å²) in [6, 6.07) is 20.1. The maximum Gasteiger partial charge on any atom is 0.339 e. The molecule has 3 aromatic rings. The molecule has 0 unspecified atom stereocenters. The third-order valence-corrected chi connectivity index (χ3v) is 5.32. The summed E-state index contributed by atoms with van der Waals surface area (Å²) in [6.07, 6.45) is 1.56. The van der Waals surface area contributed by atoms with Crippen molar-refractivity contribution in [3.63, 3.8) is 0 Å². The van der Waals surface area contributed by atoms with Crippen LogP contribution in [0.3, 0.4) is 0 Å². The van der Waals surface area contributed by atoms with Crippen LogP contribution in [0.25, 0.3) is 0 Å². The van der Waals surface area contributed by atoms with E-state index in [9.17, 15) is 4.79 Å². The lowest BCUT2D eigenvalue weighted by atomic mass is 10.2. The molecule has 0 saturated carbocycles. The fraction of sp³-hybridized carbons (Fsp3) is 0.130. The first-order valence-electron chi connectivity index (χ1n) is 9.53. The van der Waals surface area contributed by atoms with E-state index in [1.165, 1.54) is 0 Å². The van der Waals surface area contributed by atoms with Crippen molar-refractivity contribution in [2.75, 3.05) is 11.9 Å². The highest BCUT2D eigenvalue weighted by Gasteiger charge is 2.03. The number of nitrogens with one attached hydrogen (secondary N) is 2. The summed E-state index contributed by atoms with van der Waals surface area (Å²) in [4.78, 5) is 11.9. The second kappa shape index (κ2) is 11.5. The first-order chi connectivity index (χ1) is 15.0. The lowest BCUT2D eigenvalue weighted by Crippen LogP contribution is -2.24. The van der Waals surface area contributed by atoms with Crippen molar-refractivity contribution >= 4 is 49.8 Å². The van der Waals surface area contributed by atoms with Gasteiger partial charge in [-0.25, -0.2) is 10.2 Å². The molecule has 0 aromatic heterocycles. The molecular weight excluding hydrogens is 526 g/mol. The highest BCUT2D eigenvalue weighted by molar-refractivity contribution is 9.11. The van der Waals surface area contributed by atoms with Crippen molar-refractivity contribution in [1.29, 1.82) is 0 Å². The van der Waals surface area contributed by atoms with Crippen molar-refractivity contribution in [3.05, 3.63) is 86.8 Å². The van der Waals surface area contributed by atoms with E-state index in [4.69, 9.17) is 9.47 Å². The van der Waals surface area contributed by atoms with Gasteiger partial charge in [0.2, 0.25) is 0 Å². The Morgan fingerprint density at radius 1 is 0.968 bits per heavy atom. The Morgan fingerprint density at radius 2 is 1.65 bits per heavy atom. The largest absolute Gasteiger partial charge is 0.494 e. The van der Waals surface area contributed by atoms with Crippen LogP contribution in [0.15, 0.2) is 80.8 Å². The predicted octanol–water partition coefficient (Wildman–Crippen LogP) is 6.34. The molecule has 0 spiro atoms. The summed E-state index contributed by atoms with van der Waals surface area (Å²) in [7, 11) is 0. The van der Waals surface area contributed by atoms with Crippen molar-refractivity contribution in [3.8, 4) is 11.5 Å². The van der Waals surface area contributed by atoms with E-state index < -0.39 is 6.03 Å². The molecule has 0 aliphatic rings. The van der Waals surface area contributed by atoms with E-state index in [2.05, 4.69) is 47.7 Å². The Morgan fingerprint density at radius 3 is 2.32 bits per heavy atom. The summed E-state index contributed by atoms with van der Waals surface area (Å²) >= 11 is 6.97. The predicted molar refractivity (Wildman–Crippen MR) is 130 cm³/mol.